The molecule has 1 N–H and O–H groups in total. The molecular weight excluding hydrogens is 355 g/mol. The van der Waals surface area contributed by atoms with Gasteiger partial charge in [-0.15, -0.1) is 11.3 Å². The normalized spacial score (nSPS) is 11.3. The Morgan fingerprint density at radius 3 is 2.52 bits per heavy atom. The maximum absolute atomic E-state index is 12.7. The Balaban J connectivity index is 2.17. The van der Waals surface area contributed by atoms with Crippen molar-refractivity contribution in [2.45, 2.75) is 33.6 Å². The summed E-state index contributed by atoms with van der Waals surface area (Å²) in [6.07, 6.45) is -4.46. The number of hydrogen-bond donors (Lipinski definition) is 1. The number of hydrogen-bond acceptors (Lipinski definition) is 4. The van der Waals surface area contributed by atoms with Crippen molar-refractivity contribution < 1.29 is 27.5 Å². The van der Waals surface area contributed by atoms with Crippen molar-refractivity contribution in [3.63, 3.8) is 0 Å². The molecule has 2 aromatic rings. The lowest BCUT2D eigenvalue weighted by Crippen LogP contribution is -2.12. The monoisotopic (exact) mass is 371 g/mol. The highest BCUT2D eigenvalue weighted by atomic mass is 32.1. The third-order valence-electron chi connectivity index (χ3n) is 3.50. The van der Waals surface area contributed by atoms with Gasteiger partial charge >= 0.3 is 12.1 Å². The van der Waals surface area contributed by atoms with Crippen LogP contribution in [0.2, 0.25) is 0 Å². The van der Waals surface area contributed by atoms with Crippen LogP contribution in [-0.2, 0) is 22.3 Å². The summed E-state index contributed by atoms with van der Waals surface area (Å²) in [6, 6.07) is 4.60. The molecule has 25 heavy (non-hydrogen) atoms. The van der Waals surface area contributed by atoms with E-state index in [4.69, 9.17) is 4.74 Å². The van der Waals surface area contributed by atoms with Crippen LogP contribution in [0.25, 0.3) is 0 Å². The number of amides is 1. The second-order valence-electron chi connectivity index (χ2n) is 5.44. The highest BCUT2D eigenvalue weighted by Gasteiger charge is 2.30. The zero-order chi connectivity index (χ0) is 18.8. The molecule has 134 valence electrons. The first-order valence-corrected chi connectivity index (χ1v) is 8.12. The molecule has 0 fully saturated rings. The molecular formula is C17H16F3NO3S. The van der Waals surface area contributed by atoms with Crippen LogP contribution in [0, 0.1) is 13.8 Å². The largest absolute Gasteiger partial charge is 0.457 e. The SMILES string of the molecule is CC(=O)Nc1sc(C)c(C)c1C(=O)OCc1cccc(C(F)(F)F)c1. The Labute approximate surface area is 146 Å². The van der Waals surface area contributed by atoms with Crippen molar-refractivity contribution in [2.24, 2.45) is 0 Å². The van der Waals surface area contributed by atoms with Crippen molar-refractivity contribution in [1.29, 1.82) is 0 Å². The van der Waals surface area contributed by atoms with Gasteiger partial charge in [-0.3, -0.25) is 4.79 Å². The average molecular weight is 371 g/mol. The van der Waals surface area contributed by atoms with Gasteiger partial charge in [0, 0.05) is 11.8 Å². The maximum Gasteiger partial charge on any atom is 0.416 e. The van der Waals surface area contributed by atoms with Gasteiger partial charge in [-0.25, -0.2) is 4.79 Å². The summed E-state index contributed by atoms with van der Waals surface area (Å²) in [5.41, 5.74) is 0.323. The van der Waals surface area contributed by atoms with Crippen LogP contribution in [0.5, 0.6) is 0 Å². The fraction of sp³-hybridized carbons (Fsp3) is 0.294. The van der Waals surface area contributed by atoms with Crippen LogP contribution in [0.1, 0.15) is 38.8 Å². The molecule has 1 aromatic carbocycles. The smallest absolute Gasteiger partial charge is 0.416 e. The number of anilines is 1. The first-order chi connectivity index (χ1) is 11.6. The predicted octanol–water partition coefficient (Wildman–Crippen LogP) is 4.70. The van der Waals surface area contributed by atoms with Gasteiger partial charge in [0.1, 0.15) is 11.6 Å². The fourth-order valence-corrected chi connectivity index (χ4v) is 3.27. The summed E-state index contributed by atoms with van der Waals surface area (Å²) in [4.78, 5) is 24.4. The molecule has 0 aliphatic carbocycles. The number of thiophene rings is 1. The second kappa shape index (κ2) is 7.26. The molecule has 1 heterocycles. The van der Waals surface area contributed by atoms with Crippen LogP contribution in [0.4, 0.5) is 18.2 Å². The van der Waals surface area contributed by atoms with Crippen molar-refractivity contribution in [1.82, 2.24) is 0 Å². The Kier molecular flexibility index (Phi) is 5.52. The fourth-order valence-electron chi connectivity index (χ4n) is 2.18. The van der Waals surface area contributed by atoms with Gasteiger partial charge in [0.15, 0.2) is 0 Å². The molecule has 0 spiro atoms. The molecule has 0 bridgehead atoms. The van der Waals surface area contributed by atoms with Gasteiger partial charge in [0.25, 0.3) is 0 Å². The number of rotatable bonds is 4. The standard InChI is InChI=1S/C17H16F3NO3S/c1-9-10(2)25-15(21-11(3)22)14(9)16(23)24-8-12-5-4-6-13(7-12)17(18,19)20/h4-7H,8H2,1-3H3,(H,21,22). The van der Waals surface area contributed by atoms with Gasteiger partial charge in [0.2, 0.25) is 5.91 Å². The Morgan fingerprint density at radius 1 is 1.24 bits per heavy atom. The summed E-state index contributed by atoms with van der Waals surface area (Å²) in [6.45, 7) is 4.55. The summed E-state index contributed by atoms with van der Waals surface area (Å²) >= 11 is 1.24. The second-order valence-corrected chi connectivity index (χ2v) is 6.67. The summed E-state index contributed by atoms with van der Waals surface area (Å²) in [7, 11) is 0. The van der Waals surface area contributed by atoms with Crippen LogP contribution in [0.15, 0.2) is 24.3 Å². The topological polar surface area (TPSA) is 55.4 Å². The molecule has 0 aliphatic rings. The van der Waals surface area contributed by atoms with E-state index in [1.807, 2.05) is 0 Å². The van der Waals surface area contributed by atoms with Crippen molar-refractivity contribution >= 4 is 28.2 Å². The first-order valence-electron chi connectivity index (χ1n) is 7.30. The number of nitrogens with one attached hydrogen (secondary N) is 1. The zero-order valence-electron chi connectivity index (χ0n) is 13.8. The van der Waals surface area contributed by atoms with Crippen molar-refractivity contribution in [3.8, 4) is 0 Å². The molecule has 1 aromatic heterocycles. The third-order valence-corrected chi connectivity index (χ3v) is 4.63. The number of esters is 1. The average Bonchev–Trinajstić information content (AvgIpc) is 2.78. The predicted molar refractivity (Wildman–Crippen MR) is 88.7 cm³/mol. The van der Waals surface area contributed by atoms with Gasteiger partial charge in [-0.1, -0.05) is 12.1 Å². The van der Waals surface area contributed by atoms with Crippen LogP contribution < -0.4 is 5.32 Å². The van der Waals surface area contributed by atoms with E-state index in [1.165, 1.54) is 30.4 Å². The quantitative estimate of drug-likeness (QED) is 0.793. The Hall–Kier alpha value is -2.35. The van der Waals surface area contributed by atoms with E-state index in [-0.39, 0.29) is 23.6 Å². The summed E-state index contributed by atoms with van der Waals surface area (Å²) in [5, 5.41) is 2.94. The number of benzene rings is 1. The molecule has 1 amide bonds. The maximum atomic E-state index is 12.7. The molecule has 0 radical (unpaired) electrons. The number of halogens is 3. The summed E-state index contributed by atoms with van der Waals surface area (Å²) < 4.78 is 43.3. The molecule has 0 aliphatic heterocycles. The van der Waals surface area contributed by atoms with Crippen LogP contribution in [0.3, 0.4) is 0 Å². The van der Waals surface area contributed by atoms with Crippen LogP contribution in [-0.4, -0.2) is 11.9 Å². The molecule has 2 rings (SSSR count). The van der Waals surface area contributed by atoms with E-state index in [0.29, 0.717) is 10.6 Å². The Morgan fingerprint density at radius 2 is 1.92 bits per heavy atom. The minimum atomic E-state index is -4.46. The van der Waals surface area contributed by atoms with E-state index >= 15 is 0 Å². The molecule has 0 unspecified atom stereocenters. The van der Waals surface area contributed by atoms with E-state index in [0.717, 1.165) is 17.0 Å². The van der Waals surface area contributed by atoms with E-state index in [2.05, 4.69) is 5.32 Å². The molecule has 4 nitrogen and oxygen atoms in total. The van der Waals surface area contributed by atoms with Crippen LogP contribution >= 0.6 is 11.3 Å². The van der Waals surface area contributed by atoms with Gasteiger partial charge in [-0.2, -0.15) is 13.2 Å². The minimum Gasteiger partial charge on any atom is -0.457 e. The molecule has 0 saturated heterocycles. The molecule has 0 saturated carbocycles. The number of ether oxygens (including phenoxy) is 1. The van der Waals surface area contributed by atoms with Gasteiger partial charge in [-0.05, 0) is 37.1 Å². The number of aryl methyl sites for hydroxylation is 1. The van der Waals surface area contributed by atoms with E-state index in [9.17, 15) is 22.8 Å². The summed E-state index contributed by atoms with van der Waals surface area (Å²) in [5.74, 6) is -1.02. The number of alkyl halides is 3. The van der Waals surface area contributed by atoms with Crippen molar-refractivity contribution in [2.75, 3.05) is 5.32 Å². The lowest BCUT2D eigenvalue weighted by atomic mass is 10.1. The zero-order valence-corrected chi connectivity index (χ0v) is 14.6. The number of carbonyl (C=O) groups excluding carboxylic acids is 2. The third kappa shape index (κ3) is 4.60. The van der Waals surface area contributed by atoms with E-state index in [1.54, 1.807) is 13.8 Å². The van der Waals surface area contributed by atoms with Gasteiger partial charge < -0.3 is 10.1 Å². The van der Waals surface area contributed by atoms with E-state index < -0.39 is 17.7 Å². The van der Waals surface area contributed by atoms with Crippen molar-refractivity contribution in [3.05, 3.63) is 51.4 Å². The lowest BCUT2D eigenvalue weighted by molar-refractivity contribution is -0.137. The Bertz CT molecular complexity index is 812. The number of carbonyl (C=O) groups is 2. The first kappa shape index (κ1) is 19.0. The molecule has 8 heteroatoms. The molecule has 0 atom stereocenters. The highest BCUT2D eigenvalue weighted by molar-refractivity contribution is 7.16. The lowest BCUT2D eigenvalue weighted by Gasteiger charge is -2.10. The highest BCUT2D eigenvalue weighted by Crippen LogP contribution is 2.33. The minimum absolute atomic E-state index is 0.227. The van der Waals surface area contributed by atoms with Gasteiger partial charge in [0.05, 0.1) is 11.1 Å².